The Morgan fingerprint density at radius 3 is 2.75 bits per heavy atom. The lowest BCUT2D eigenvalue weighted by atomic mass is 9.83. The van der Waals surface area contributed by atoms with Gasteiger partial charge in [-0.2, -0.15) is 0 Å². The first kappa shape index (κ1) is 23.1. The first-order valence-electron chi connectivity index (χ1n) is 9.86. The fourth-order valence-corrected chi connectivity index (χ4v) is 6.05. The van der Waals surface area contributed by atoms with Crippen molar-refractivity contribution in [3.63, 3.8) is 0 Å². The number of guanidine groups is 1. The molecule has 1 aromatic heterocycles. The average Bonchev–Trinajstić information content (AvgIpc) is 3.35. The first-order chi connectivity index (χ1) is 13.4. The minimum Gasteiger partial charge on any atom is -0.390 e. The van der Waals surface area contributed by atoms with Crippen molar-refractivity contribution in [2.24, 2.45) is 10.4 Å². The lowest BCUT2D eigenvalue weighted by Crippen LogP contribution is -2.43. The molecule has 7 nitrogen and oxygen atoms in total. The molecular weight excluding hydrogens is 398 g/mol. The zero-order valence-electron chi connectivity index (χ0n) is 16.8. The molecular formula is C19H33N3O4S2. The van der Waals surface area contributed by atoms with Gasteiger partial charge in [-0.3, -0.25) is 4.99 Å². The zero-order chi connectivity index (χ0) is 20.5. The molecule has 0 bridgehead atoms. The molecule has 0 amide bonds. The predicted octanol–water partition coefficient (Wildman–Crippen LogP) is 2.03. The van der Waals surface area contributed by atoms with Gasteiger partial charge in [-0.05, 0) is 43.0 Å². The Bertz CT molecular complexity index is 699. The van der Waals surface area contributed by atoms with E-state index in [9.17, 15) is 13.5 Å². The van der Waals surface area contributed by atoms with E-state index in [1.165, 1.54) is 24.2 Å². The summed E-state index contributed by atoms with van der Waals surface area (Å²) in [6, 6.07) is 3.26. The molecule has 28 heavy (non-hydrogen) atoms. The number of methoxy groups -OCH3 is 1. The molecule has 1 aromatic rings. The van der Waals surface area contributed by atoms with Crippen molar-refractivity contribution in [2.45, 2.75) is 49.3 Å². The molecule has 1 fully saturated rings. The number of rotatable bonds is 11. The van der Waals surface area contributed by atoms with Crippen LogP contribution in [0.5, 0.6) is 0 Å². The number of nitrogens with one attached hydrogen (secondary N) is 2. The minimum absolute atomic E-state index is 0.126. The molecule has 1 heterocycles. The molecule has 0 saturated heterocycles. The van der Waals surface area contributed by atoms with Crippen LogP contribution < -0.4 is 10.6 Å². The second-order valence-electron chi connectivity index (χ2n) is 7.39. The molecule has 160 valence electrons. The van der Waals surface area contributed by atoms with E-state index in [2.05, 4.69) is 10.6 Å². The monoisotopic (exact) mass is 431 g/mol. The van der Waals surface area contributed by atoms with Gasteiger partial charge in [0.25, 0.3) is 0 Å². The van der Waals surface area contributed by atoms with Crippen LogP contribution in [0, 0.1) is 5.41 Å². The smallest absolute Gasteiger partial charge is 0.191 e. The summed E-state index contributed by atoms with van der Waals surface area (Å²) in [7, 11) is -1.74. The summed E-state index contributed by atoms with van der Waals surface area (Å²) >= 11 is 1.17. The Kier molecular flexibility index (Phi) is 9.20. The summed E-state index contributed by atoms with van der Waals surface area (Å²) in [6.07, 6.45) is 4.74. The number of hydrogen-bond donors (Lipinski definition) is 3. The largest absolute Gasteiger partial charge is 0.390 e. The van der Waals surface area contributed by atoms with E-state index in [4.69, 9.17) is 9.73 Å². The van der Waals surface area contributed by atoms with Crippen LogP contribution >= 0.6 is 11.3 Å². The van der Waals surface area contributed by atoms with E-state index in [1.54, 1.807) is 24.6 Å². The lowest BCUT2D eigenvalue weighted by molar-refractivity contribution is 0.141. The molecule has 0 radical (unpaired) electrons. The minimum atomic E-state index is -3.47. The maximum absolute atomic E-state index is 12.3. The van der Waals surface area contributed by atoms with Crippen LogP contribution in [0.4, 0.5) is 0 Å². The number of sulfone groups is 1. The second-order valence-corrected chi connectivity index (χ2v) is 10.6. The molecule has 1 atom stereocenters. The van der Waals surface area contributed by atoms with Gasteiger partial charge >= 0.3 is 0 Å². The van der Waals surface area contributed by atoms with Gasteiger partial charge < -0.3 is 20.5 Å². The fourth-order valence-electron chi connectivity index (χ4n) is 3.57. The highest BCUT2D eigenvalue weighted by molar-refractivity contribution is 7.93. The summed E-state index contributed by atoms with van der Waals surface area (Å²) in [5.41, 5.74) is 0.180. The Hall–Kier alpha value is -1.16. The van der Waals surface area contributed by atoms with Crippen LogP contribution in [0.1, 0.15) is 39.0 Å². The number of ether oxygens (including phenoxy) is 1. The van der Waals surface area contributed by atoms with Crippen LogP contribution in [-0.4, -0.2) is 64.7 Å². The standard InChI is InChI=1S/C19H33N3O4S2/c1-3-20-18(22-15-19(10-11-26-2)8-4-5-9-19)21-13-16(23)14-28(24,25)17-7-6-12-27-17/h6-7,12,16,23H,3-5,8-11,13-15H2,1-2H3,(H2,20,21,22). The quantitative estimate of drug-likeness (QED) is 0.366. The van der Waals surface area contributed by atoms with Crippen molar-refractivity contribution in [1.29, 1.82) is 0 Å². The van der Waals surface area contributed by atoms with E-state index in [0.717, 1.165) is 25.9 Å². The second kappa shape index (κ2) is 11.1. The summed E-state index contributed by atoms with van der Waals surface area (Å²) in [5.74, 6) is 0.302. The van der Waals surface area contributed by atoms with Crippen LogP contribution in [0.2, 0.25) is 0 Å². The van der Waals surface area contributed by atoms with E-state index < -0.39 is 15.9 Å². The van der Waals surface area contributed by atoms with E-state index >= 15 is 0 Å². The zero-order valence-corrected chi connectivity index (χ0v) is 18.4. The van der Waals surface area contributed by atoms with Crippen molar-refractivity contribution in [1.82, 2.24) is 10.6 Å². The van der Waals surface area contributed by atoms with Crippen molar-refractivity contribution in [3.8, 4) is 0 Å². The van der Waals surface area contributed by atoms with Gasteiger partial charge in [0.15, 0.2) is 15.8 Å². The van der Waals surface area contributed by atoms with Crippen molar-refractivity contribution in [2.75, 3.05) is 39.1 Å². The van der Waals surface area contributed by atoms with Gasteiger partial charge in [-0.1, -0.05) is 18.9 Å². The topological polar surface area (TPSA) is 100 Å². The highest BCUT2D eigenvalue weighted by Gasteiger charge is 2.33. The summed E-state index contributed by atoms with van der Waals surface area (Å²) in [6.45, 7) is 4.24. The highest BCUT2D eigenvalue weighted by Crippen LogP contribution is 2.41. The van der Waals surface area contributed by atoms with E-state index in [0.29, 0.717) is 19.0 Å². The third kappa shape index (κ3) is 7.02. The lowest BCUT2D eigenvalue weighted by Gasteiger charge is -2.27. The molecule has 9 heteroatoms. The Balaban J connectivity index is 1.91. The molecule has 3 N–H and O–H groups in total. The molecule has 0 aliphatic heterocycles. The predicted molar refractivity (Wildman–Crippen MR) is 114 cm³/mol. The average molecular weight is 432 g/mol. The first-order valence-corrected chi connectivity index (χ1v) is 12.4. The number of hydrogen-bond acceptors (Lipinski definition) is 6. The molecule has 2 rings (SSSR count). The normalized spacial score (nSPS) is 18.2. The number of aliphatic hydroxyl groups is 1. The van der Waals surface area contributed by atoms with Gasteiger partial charge in [-0.15, -0.1) is 11.3 Å². The van der Waals surface area contributed by atoms with Crippen molar-refractivity contribution >= 4 is 27.1 Å². The van der Waals surface area contributed by atoms with E-state index in [-0.39, 0.29) is 21.9 Å². The molecule has 1 unspecified atom stereocenters. The third-order valence-corrected chi connectivity index (χ3v) is 8.42. The maximum Gasteiger partial charge on any atom is 0.191 e. The van der Waals surface area contributed by atoms with Crippen molar-refractivity contribution < 1.29 is 18.3 Å². The summed E-state index contributed by atoms with van der Waals surface area (Å²) < 4.78 is 30.1. The van der Waals surface area contributed by atoms with Gasteiger partial charge in [0.05, 0.1) is 11.9 Å². The third-order valence-electron chi connectivity index (χ3n) is 5.14. The number of aliphatic hydroxyl groups excluding tert-OH is 1. The number of thiophene rings is 1. The Morgan fingerprint density at radius 2 is 2.14 bits per heavy atom. The maximum atomic E-state index is 12.3. The number of nitrogens with zero attached hydrogens (tertiary/aromatic N) is 1. The van der Waals surface area contributed by atoms with Crippen LogP contribution in [0.3, 0.4) is 0 Å². The number of aliphatic imine (C=N–C) groups is 1. The van der Waals surface area contributed by atoms with Gasteiger partial charge in [0, 0.05) is 33.4 Å². The van der Waals surface area contributed by atoms with Gasteiger partial charge in [-0.25, -0.2) is 8.42 Å². The van der Waals surface area contributed by atoms with Gasteiger partial charge in [0.1, 0.15) is 4.21 Å². The molecule has 0 aromatic carbocycles. The SMILES string of the molecule is CCNC(=NCC1(CCOC)CCCC1)NCC(O)CS(=O)(=O)c1cccs1. The summed E-state index contributed by atoms with van der Waals surface area (Å²) in [4.78, 5) is 4.72. The Morgan fingerprint density at radius 1 is 1.39 bits per heavy atom. The van der Waals surface area contributed by atoms with Gasteiger partial charge in [0.2, 0.25) is 0 Å². The molecule has 0 spiro atoms. The Labute approximate surface area is 172 Å². The van der Waals surface area contributed by atoms with Crippen molar-refractivity contribution in [3.05, 3.63) is 17.5 Å². The molecule has 1 aliphatic carbocycles. The summed E-state index contributed by atoms with van der Waals surface area (Å²) in [5, 5.41) is 18.2. The van der Waals surface area contributed by atoms with Crippen LogP contribution in [0.15, 0.2) is 26.7 Å². The molecule has 1 aliphatic rings. The fraction of sp³-hybridized carbons (Fsp3) is 0.737. The van der Waals surface area contributed by atoms with Crippen LogP contribution in [0.25, 0.3) is 0 Å². The van der Waals surface area contributed by atoms with Crippen LogP contribution in [-0.2, 0) is 14.6 Å². The molecule has 1 saturated carbocycles. The van der Waals surface area contributed by atoms with E-state index in [1.807, 2.05) is 6.92 Å². The highest BCUT2D eigenvalue weighted by atomic mass is 32.2.